The van der Waals surface area contributed by atoms with Crippen LogP contribution in [0.5, 0.6) is 0 Å². The molecule has 2 fully saturated rings. The molecular weight excluding hydrogens is 254 g/mol. The van der Waals surface area contributed by atoms with Crippen LogP contribution in [0.25, 0.3) is 0 Å². The van der Waals surface area contributed by atoms with Crippen molar-refractivity contribution in [1.29, 1.82) is 0 Å². The van der Waals surface area contributed by atoms with E-state index in [0.717, 1.165) is 19.3 Å². The Hall–Kier alpha value is -0.270. The van der Waals surface area contributed by atoms with Gasteiger partial charge < -0.3 is 4.74 Å². The molecule has 0 aromatic carbocycles. The second kappa shape index (κ2) is 4.13. The average molecular weight is 270 g/mol. The van der Waals surface area contributed by atoms with Crippen molar-refractivity contribution in [3.8, 4) is 0 Å². The van der Waals surface area contributed by atoms with Crippen molar-refractivity contribution in [2.45, 2.75) is 61.9 Å². The lowest BCUT2D eigenvalue weighted by molar-refractivity contribution is -0.142. The van der Waals surface area contributed by atoms with Gasteiger partial charge in [0.05, 0.1) is 6.10 Å². The van der Waals surface area contributed by atoms with Gasteiger partial charge in [-0.2, -0.15) is 17.2 Å². The molecule has 0 aliphatic heterocycles. The molecule has 0 aromatic heterocycles. The fourth-order valence-electron chi connectivity index (χ4n) is 2.33. The molecule has 1 N–H and O–H groups in total. The molecule has 4 nitrogen and oxygen atoms in total. The van der Waals surface area contributed by atoms with E-state index in [2.05, 4.69) is 0 Å². The lowest BCUT2D eigenvalue weighted by atomic mass is 9.97. The first-order valence-electron chi connectivity index (χ1n) is 5.81. The summed E-state index contributed by atoms with van der Waals surface area (Å²) >= 11 is 0. The van der Waals surface area contributed by atoms with Gasteiger partial charge in [0.25, 0.3) is 0 Å². The Morgan fingerprint density at radius 2 is 1.71 bits per heavy atom. The van der Waals surface area contributed by atoms with Crippen molar-refractivity contribution in [2.75, 3.05) is 0 Å². The van der Waals surface area contributed by atoms with Gasteiger partial charge >= 0.3 is 15.4 Å². The first-order valence-corrected chi connectivity index (χ1v) is 7.25. The van der Waals surface area contributed by atoms with Gasteiger partial charge in [-0.1, -0.05) is 19.3 Å². The van der Waals surface area contributed by atoms with Gasteiger partial charge in [-0.15, -0.1) is 0 Å². The fraction of sp³-hybridized carbons (Fsp3) is 1.00. The molecule has 7 heteroatoms. The Balaban J connectivity index is 2.09. The van der Waals surface area contributed by atoms with Crippen LogP contribution >= 0.6 is 0 Å². The summed E-state index contributed by atoms with van der Waals surface area (Å²) < 4.78 is 62.4. The van der Waals surface area contributed by atoms with E-state index >= 15 is 0 Å². The zero-order valence-electron chi connectivity index (χ0n) is 9.36. The molecule has 0 saturated heterocycles. The topological polar surface area (TPSA) is 63.6 Å². The highest BCUT2D eigenvalue weighted by atomic mass is 32.2. The maximum Gasteiger partial charge on any atom is 0.397 e. The van der Waals surface area contributed by atoms with E-state index in [-0.39, 0.29) is 18.9 Å². The van der Waals surface area contributed by atoms with Crippen molar-refractivity contribution in [3.63, 3.8) is 0 Å². The third kappa shape index (κ3) is 2.32. The van der Waals surface area contributed by atoms with Crippen LogP contribution in [-0.2, 0) is 14.9 Å². The second-order valence-corrected chi connectivity index (χ2v) is 6.33. The van der Waals surface area contributed by atoms with Gasteiger partial charge in [-0.05, 0) is 25.7 Å². The summed E-state index contributed by atoms with van der Waals surface area (Å²) in [7, 11) is -5.41. The molecule has 0 heterocycles. The predicted octanol–water partition coefficient (Wildman–Crippen LogP) is 2.35. The minimum absolute atomic E-state index is 0.0176. The van der Waals surface area contributed by atoms with Gasteiger partial charge in [-0.3, -0.25) is 4.55 Å². The molecule has 2 rings (SSSR count). The van der Waals surface area contributed by atoms with Crippen molar-refractivity contribution >= 4 is 10.1 Å². The van der Waals surface area contributed by atoms with Gasteiger partial charge in [0.15, 0.2) is 0 Å². The van der Waals surface area contributed by atoms with E-state index in [1.54, 1.807) is 0 Å². The molecule has 0 atom stereocenters. The first-order chi connectivity index (χ1) is 7.79. The highest BCUT2D eigenvalue weighted by Crippen LogP contribution is 2.54. The quantitative estimate of drug-likeness (QED) is 0.796. The summed E-state index contributed by atoms with van der Waals surface area (Å²) in [5.41, 5.74) is -1.98. The summed E-state index contributed by atoms with van der Waals surface area (Å²) in [6, 6.07) is 0. The van der Waals surface area contributed by atoms with Crippen LogP contribution in [0, 0.1) is 0 Å². The summed E-state index contributed by atoms with van der Waals surface area (Å²) in [6.45, 7) is 0. The molecule has 0 amide bonds. The van der Waals surface area contributed by atoms with Crippen LogP contribution in [0.3, 0.4) is 0 Å². The maximum absolute atomic E-state index is 13.6. The Kier molecular flexibility index (Phi) is 3.20. The van der Waals surface area contributed by atoms with Gasteiger partial charge in [0, 0.05) is 0 Å². The highest BCUT2D eigenvalue weighted by Gasteiger charge is 2.71. The molecule has 0 aromatic rings. The van der Waals surface area contributed by atoms with Gasteiger partial charge in [0.2, 0.25) is 0 Å². The highest BCUT2D eigenvalue weighted by molar-refractivity contribution is 7.87. The number of hydrogen-bond donors (Lipinski definition) is 1. The summed E-state index contributed by atoms with van der Waals surface area (Å²) in [6.07, 6.45) is 3.91. The van der Waals surface area contributed by atoms with Gasteiger partial charge in [0.1, 0.15) is 5.60 Å². The van der Waals surface area contributed by atoms with Crippen LogP contribution < -0.4 is 0 Å². The van der Waals surface area contributed by atoms with E-state index in [9.17, 15) is 17.2 Å². The van der Waals surface area contributed by atoms with Crippen LogP contribution in [0.4, 0.5) is 8.78 Å². The monoisotopic (exact) mass is 270 g/mol. The molecule has 2 aliphatic carbocycles. The normalized spacial score (nSPS) is 25.8. The minimum atomic E-state index is -5.41. The Morgan fingerprint density at radius 3 is 2.12 bits per heavy atom. The molecular formula is C10H16F2O4S. The molecule has 2 saturated carbocycles. The predicted molar refractivity (Wildman–Crippen MR) is 56.4 cm³/mol. The first kappa shape index (κ1) is 13.2. The maximum atomic E-state index is 13.6. The van der Waals surface area contributed by atoms with E-state index in [1.807, 2.05) is 0 Å². The molecule has 100 valence electrons. The SMILES string of the molecule is O=S(=O)(O)C(F)(F)C1(OC2CCCCC2)CC1. The third-order valence-electron chi connectivity index (χ3n) is 3.50. The molecule has 0 radical (unpaired) electrons. The van der Waals surface area contributed by atoms with Crippen LogP contribution in [0.1, 0.15) is 44.9 Å². The van der Waals surface area contributed by atoms with Crippen molar-refractivity contribution < 1.29 is 26.5 Å². The zero-order chi connectivity index (χ0) is 12.7. The molecule has 2 aliphatic rings. The lowest BCUT2D eigenvalue weighted by Gasteiger charge is -2.30. The number of rotatable bonds is 4. The van der Waals surface area contributed by atoms with E-state index in [4.69, 9.17) is 9.29 Å². The fourth-order valence-corrected chi connectivity index (χ4v) is 3.05. The van der Waals surface area contributed by atoms with Crippen LogP contribution in [0.15, 0.2) is 0 Å². The van der Waals surface area contributed by atoms with Crippen molar-refractivity contribution in [1.82, 2.24) is 0 Å². The molecule has 0 bridgehead atoms. The summed E-state index contributed by atoms with van der Waals surface area (Å²) in [5, 5.41) is -4.20. The largest absolute Gasteiger partial charge is 0.397 e. The van der Waals surface area contributed by atoms with Crippen LogP contribution in [-0.4, -0.2) is 29.9 Å². The molecule has 0 spiro atoms. The smallest absolute Gasteiger partial charge is 0.364 e. The minimum Gasteiger partial charge on any atom is -0.364 e. The Labute approximate surface area is 99.1 Å². The van der Waals surface area contributed by atoms with Crippen molar-refractivity contribution in [2.24, 2.45) is 0 Å². The number of alkyl halides is 2. The van der Waals surface area contributed by atoms with E-state index in [0.29, 0.717) is 12.8 Å². The average Bonchev–Trinajstić information content (AvgIpc) is 2.99. The third-order valence-corrected chi connectivity index (χ3v) is 4.52. The number of ether oxygens (including phenoxy) is 1. The van der Waals surface area contributed by atoms with Gasteiger partial charge in [-0.25, -0.2) is 0 Å². The summed E-state index contributed by atoms with van der Waals surface area (Å²) in [4.78, 5) is 0. The lowest BCUT2D eigenvalue weighted by Crippen LogP contribution is -2.46. The van der Waals surface area contributed by atoms with Crippen LogP contribution in [0.2, 0.25) is 0 Å². The molecule has 0 unspecified atom stereocenters. The van der Waals surface area contributed by atoms with Crippen molar-refractivity contribution in [3.05, 3.63) is 0 Å². The number of halogens is 2. The Morgan fingerprint density at radius 1 is 1.18 bits per heavy atom. The van der Waals surface area contributed by atoms with E-state index < -0.39 is 21.0 Å². The Bertz CT molecular complexity index is 383. The zero-order valence-corrected chi connectivity index (χ0v) is 10.2. The molecule has 17 heavy (non-hydrogen) atoms. The standard InChI is InChI=1S/C10H16F2O4S/c11-10(12,17(13,14)15)9(6-7-9)16-8-4-2-1-3-5-8/h8H,1-7H2,(H,13,14,15). The van der Waals surface area contributed by atoms with E-state index in [1.165, 1.54) is 0 Å². The second-order valence-electron chi connectivity index (χ2n) is 4.86. The number of hydrogen-bond acceptors (Lipinski definition) is 3. The summed E-state index contributed by atoms with van der Waals surface area (Å²) in [5.74, 6) is 0.